The molecule has 2 bridgehead atoms. The number of hydrogen-bond donors (Lipinski definition) is 1. The quantitative estimate of drug-likeness (QED) is 0.642. The van der Waals surface area contributed by atoms with Gasteiger partial charge in [-0.3, -0.25) is 14.5 Å². The molecule has 2 unspecified atom stereocenters. The van der Waals surface area contributed by atoms with Crippen molar-refractivity contribution in [3.63, 3.8) is 0 Å². The molecule has 34 heavy (non-hydrogen) atoms. The fourth-order valence-corrected chi connectivity index (χ4v) is 5.44. The molecule has 2 saturated heterocycles. The Morgan fingerprint density at radius 1 is 1.09 bits per heavy atom. The third-order valence-electron chi connectivity index (χ3n) is 7.15. The van der Waals surface area contributed by atoms with Crippen LogP contribution in [0.5, 0.6) is 0 Å². The largest absolute Gasteiger partial charge is 0.366 e. The van der Waals surface area contributed by atoms with E-state index in [4.69, 9.17) is 11.0 Å². The third-order valence-corrected chi connectivity index (χ3v) is 7.15. The van der Waals surface area contributed by atoms with Gasteiger partial charge in [-0.15, -0.1) is 0 Å². The first-order valence-corrected chi connectivity index (χ1v) is 11.6. The number of primary amides is 1. The average Bonchev–Trinajstić information content (AvgIpc) is 3.05. The van der Waals surface area contributed by atoms with E-state index in [1.165, 1.54) is 23.1 Å². The maximum Gasteiger partial charge on any atom is 0.248 e. The van der Waals surface area contributed by atoms with Crippen molar-refractivity contribution in [2.75, 3.05) is 13.1 Å². The number of hydrogen-bond acceptors (Lipinski definition) is 4. The fourth-order valence-electron chi connectivity index (χ4n) is 5.44. The Kier molecular flexibility index (Phi) is 7.23. The highest BCUT2D eigenvalue weighted by Gasteiger charge is 2.41. The van der Waals surface area contributed by atoms with Gasteiger partial charge in [-0.05, 0) is 61.4 Å². The number of piperidine rings is 1. The Morgan fingerprint density at radius 3 is 2.35 bits per heavy atom. The van der Waals surface area contributed by atoms with Crippen molar-refractivity contribution in [3.05, 3.63) is 70.8 Å². The second kappa shape index (κ2) is 10.3. The van der Waals surface area contributed by atoms with E-state index >= 15 is 0 Å². The minimum absolute atomic E-state index is 0.162. The first-order chi connectivity index (χ1) is 16.4. The first kappa shape index (κ1) is 23.8. The van der Waals surface area contributed by atoms with Gasteiger partial charge in [0.25, 0.3) is 0 Å². The number of carbonyl (C=O) groups excluding carboxylic acids is 2. The molecular weight excluding hydrogens is 438 g/mol. The van der Waals surface area contributed by atoms with Crippen molar-refractivity contribution in [2.45, 2.75) is 56.7 Å². The van der Waals surface area contributed by atoms with E-state index in [1.807, 2.05) is 24.3 Å². The lowest BCUT2D eigenvalue weighted by Gasteiger charge is -2.40. The number of amides is 2. The molecule has 178 valence electrons. The number of halogens is 2. The minimum Gasteiger partial charge on any atom is -0.366 e. The monoisotopic (exact) mass is 466 g/mol. The van der Waals surface area contributed by atoms with E-state index in [0.717, 1.165) is 31.2 Å². The lowest BCUT2D eigenvalue weighted by molar-refractivity contribution is -0.131. The predicted octanol–water partition coefficient (Wildman–Crippen LogP) is 3.72. The topological polar surface area (TPSA) is 90.4 Å². The van der Waals surface area contributed by atoms with Crippen LogP contribution in [-0.2, 0) is 11.3 Å². The van der Waals surface area contributed by atoms with Gasteiger partial charge in [0.1, 0.15) is 18.1 Å². The summed E-state index contributed by atoms with van der Waals surface area (Å²) in [4.78, 5) is 27.9. The molecule has 2 aromatic rings. The van der Waals surface area contributed by atoms with E-state index in [9.17, 15) is 18.4 Å². The number of rotatable bonds is 8. The molecule has 2 aliphatic rings. The summed E-state index contributed by atoms with van der Waals surface area (Å²) in [6, 6.07) is 13.6. The number of nitrogens with two attached hydrogens (primary N) is 1. The minimum atomic E-state index is -0.700. The van der Waals surface area contributed by atoms with Crippen LogP contribution in [0.25, 0.3) is 0 Å². The normalized spacial score (nSPS) is 21.7. The summed E-state index contributed by atoms with van der Waals surface area (Å²) in [6.45, 7) is 0.671. The molecule has 2 heterocycles. The fraction of sp³-hybridized carbons (Fsp3) is 0.423. The van der Waals surface area contributed by atoms with Crippen molar-refractivity contribution >= 4 is 11.8 Å². The van der Waals surface area contributed by atoms with Gasteiger partial charge in [-0.1, -0.05) is 18.2 Å². The standard InChI is InChI=1S/C26H28F2N4O2/c27-23-5-2-6-24(28)22(23)16-31(25(33)9-10-29)11-12-32-20-7-8-21(32)15-19(14-20)17-3-1-4-18(13-17)26(30)34/h1-6,13,19-21H,7-9,11-12,14-16H2,(H2,30,34). The van der Waals surface area contributed by atoms with Crippen LogP contribution in [0.1, 0.15) is 59.5 Å². The molecule has 2 fully saturated rings. The smallest absolute Gasteiger partial charge is 0.248 e. The predicted molar refractivity (Wildman–Crippen MR) is 122 cm³/mol. The molecule has 4 rings (SSSR count). The van der Waals surface area contributed by atoms with Gasteiger partial charge < -0.3 is 10.6 Å². The van der Waals surface area contributed by atoms with Gasteiger partial charge in [-0.25, -0.2) is 8.78 Å². The van der Waals surface area contributed by atoms with Crippen molar-refractivity contribution in [1.82, 2.24) is 9.80 Å². The van der Waals surface area contributed by atoms with Gasteiger partial charge in [0, 0.05) is 36.3 Å². The lowest BCUT2D eigenvalue weighted by atomic mass is 9.84. The third kappa shape index (κ3) is 5.10. The van der Waals surface area contributed by atoms with Crippen LogP contribution in [0.4, 0.5) is 8.78 Å². The van der Waals surface area contributed by atoms with Crippen LogP contribution in [0.15, 0.2) is 42.5 Å². The summed E-state index contributed by atoms with van der Waals surface area (Å²) in [6.07, 6.45) is 3.64. The Hall–Kier alpha value is -3.31. The average molecular weight is 467 g/mol. The second-order valence-corrected chi connectivity index (χ2v) is 9.13. The molecule has 2 aliphatic heterocycles. The van der Waals surface area contributed by atoms with Crippen molar-refractivity contribution in [1.29, 1.82) is 5.26 Å². The molecule has 2 amide bonds. The first-order valence-electron chi connectivity index (χ1n) is 11.6. The van der Waals surface area contributed by atoms with Crippen molar-refractivity contribution in [3.8, 4) is 6.07 Å². The number of carbonyl (C=O) groups is 2. The SMILES string of the molecule is N#CCC(=O)N(CCN1C2CCC1CC(c1cccc(C(N)=O)c1)C2)Cc1c(F)cccc1F. The van der Waals surface area contributed by atoms with E-state index in [0.29, 0.717) is 36.7 Å². The van der Waals surface area contributed by atoms with Gasteiger partial charge in [-0.2, -0.15) is 5.26 Å². The number of nitrogens with zero attached hydrogens (tertiary/aromatic N) is 3. The summed E-state index contributed by atoms with van der Waals surface area (Å²) >= 11 is 0. The highest BCUT2D eigenvalue weighted by atomic mass is 19.1. The zero-order chi connectivity index (χ0) is 24.2. The van der Waals surface area contributed by atoms with Gasteiger partial charge in [0.2, 0.25) is 11.8 Å². The highest BCUT2D eigenvalue weighted by Crippen LogP contribution is 2.43. The number of nitriles is 1. The molecule has 2 atom stereocenters. The molecule has 0 radical (unpaired) electrons. The van der Waals surface area contributed by atoms with E-state index in [-0.39, 0.29) is 18.5 Å². The van der Waals surface area contributed by atoms with Crippen LogP contribution in [0.3, 0.4) is 0 Å². The highest BCUT2D eigenvalue weighted by molar-refractivity contribution is 5.92. The van der Waals surface area contributed by atoms with Gasteiger partial charge in [0.15, 0.2) is 0 Å². The molecule has 0 saturated carbocycles. The summed E-state index contributed by atoms with van der Waals surface area (Å²) in [5, 5.41) is 8.98. The van der Waals surface area contributed by atoms with Gasteiger partial charge in [0.05, 0.1) is 12.6 Å². The van der Waals surface area contributed by atoms with Crippen molar-refractivity contribution in [2.24, 2.45) is 5.73 Å². The van der Waals surface area contributed by atoms with Crippen LogP contribution in [0.2, 0.25) is 0 Å². The zero-order valence-corrected chi connectivity index (χ0v) is 18.9. The van der Waals surface area contributed by atoms with Crippen molar-refractivity contribution < 1.29 is 18.4 Å². The molecule has 0 spiro atoms. The van der Waals surface area contributed by atoms with Crippen LogP contribution >= 0.6 is 0 Å². The Labute approximate surface area is 197 Å². The maximum absolute atomic E-state index is 14.2. The van der Waals surface area contributed by atoms with E-state index < -0.39 is 23.4 Å². The molecule has 8 heteroatoms. The second-order valence-electron chi connectivity index (χ2n) is 9.13. The molecular formula is C26H28F2N4O2. The lowest BCUT2D eigenvalue weighted by Crippen LogP contribution is -2.46. The number of fused-ring (bicyclic) bond motifs is 2. The maximum atomic E-state index is 14.2. The summed E-state index contributed by atoms with van der Waals surface area (Å²) in [7, 11) is 0. The summed E-state index contributed by atoms with van der Waals surface area (Å²) in [5.41, 5.74) is 6.91. The molecule has 0 aromatic heterocycles. The molecule has 0 aliphatic carbocycles. The summed E-state index contributed by atoms with van der Waals surface area (Å²) < 4.78 is 28.4. The van der Waals surface area contributed by atoms with Crippen LogP contribution in [0, 0.1) is 23.0 Å². The summed E-state index contributed by atoms with van der Waals surface area (Å²) in [5.74, 6) is -1.94. The molecule has 2 aromatic carbocycles. The van der Waals surface area contributed by atoms with E-state index in [1.54, 1.807) is 6.07 Å². The van der Waals surface area contributed by atoms with Crippen LogP contribution in [-0.4, -0.2) is 46.8 Å². The number of benzene rings is 2. The molecule has 6 nitrogen and oxygen atoms in total. The Balaban J connectivity index is 1.44. The van der Waals surface area contributed by atoms with Crippen LogP contribution < -0.4 is 5.73 Å². The molecule has 2 N–H and O–H groups in total. The van der Waals surface area contributed by atoms with Gasteiger partial charge >= 0.3 is 0 Å². The zero-order valence-electron chi connectivity index (χ0n) is 18.9. The van der Waals surface area contributed by atoms with E-state index in [2.05, 4.69) is 4.90 Å². The Bertz CT molecular complexity index is 1080. The Morgan fingerprint density at radius 2 is 1.74 bits per heavy atom.